The molecule has 1 aliphatic rings. The first kappa shape index (κ1) is 17.4. The Balaban J connectivity index is 1.99. The number of benzene rings is 1. The minimum atomic E-state index is -5.08. The molecule has 2 atom stereocenters. The maximum absolute atomic E-state index is 12.4. The molecular weight excluding hydrogens is 331 g/mol. The highest BCUT2D eigenvalue weighted by Gasteiger charge is 2.34. The van der Waals surface area contributed by atoms with Crippen LogP contribution in [0.5, 0.6) is 5.75 Å². The number of urea groups is 1. The Hall–Kier alpha value is -1.91. The molecule has 10 heteroatoms. The molecular formula is C13H17FN2O6S. The van der Waals surface area contributed by atoms with Gasteiger partial charge in [0.05, 0.1) is 18.8 Å². The summed E-state index contributed by atoms with van der Waals surface area (Å²) < 4.78 is 42.2. The number of halogens is 1. The lowest BCUT2D eigenvalue weighted by Gasteiger charge is -2.24. The Morgan fingerprint density at radius 2 is 2.09 bits per heavy atom. The monoisotopic (exact) mass is 348 g/mol. The molecule has 0 aromatic heterocycles. The predicted molar refractivity (Wildman–Crippen MR) is 79.1 cm³/mol. The zero-order chi connectivity index (χ0) is 17.0. The number of anilines is 1. The number of methoxy groups -OCH3 is 1. The van der Waals surface area contributed by atoms with Gasteiger partial charge < -0.3 is 24.2 Å². The lowest BCUT2D eigenvalue weighted by atomic mass is 10.2. The fourth-order valence-electron chi connectivity index (χ4n) is 2.40. The minimum absolute atomic E-state index is 0.196. The van der Waals surface area contributed by atoms with Crippen LogP contribution in [-0.4, -0.2) is 56.9 Å². The summed E-state index contributed by atoms with van der Waals surface area (Å²) >= 11 is 0. The number of hydrogen-bond donors (Lipinski definition) is 2. The van der Waals surface area contributed by atoms with E-state index in [0.717, 1.165) is 0 Å². The molecule has 8 nitrogen and oxygen atoms in total. The number of ether oxygens (including phenoxy) is 1. The summed E-state index contributed by atoms with van der Waals surface area (Å²) in [5.41, 5.74) is 0.371. The fraction of sp³-hybridized carbons (Fsp3) is 0.462. The summed E-state index contributed by atoms with van der Waals surface area (Å²) in [4.78, 5) is 13.7. The lowest BCUT2D eigenvalue weighted by Crippen LogP contribution is -2.41. The second-order valence-electron chi connectivity index (χ2n) is 5.08. The van der Waals surface area contributed by atoms with Gasteiger partial charge in [-0.15, -0.1) is 0 Å². The third kappa shape index (κ3) is 5.05. The van der Waals surface area contributed by atoms with Crippen LogP contribution in [0.15, 0.2) is 24.3 Å². The number of amides is 2. The van der Waals surface area contributed by atoms with E-state index in [-0.39, 0.29) is 18.3 Å². The van der Waals surface area contributed by atoms with Crippen molar-refractivity contribution in [3.8, 4) is 5.75 Å². The maximum Gasteiger partial charge on any atom is 0.488 e. The molecule has 0 aliphatic carbocycles. The molecule has 1 aliphatic heterocycles. The average Bonchev–Trinajstić information content (AvgIpc) is 2.81. The van der Waals surface area contributed by atoms with E-state index in [1.807, 2.05) is 0 Å². The summed E-state index contributed by atoms with van der Waals surface area (Å²) in [6.07, 6.45) is -0.172. The molecule has 1 heterocycles. The van der Waals surface area contributed by atoms with E-state index in [4.69, 9.17) is 4.74 Å². The molecule has 1 aromatic rings. The van der Waals surface area contributed by atoms with Gasteiger partial charge in [-0.05, 0) is 30.7 Å². The van der Waals surface area contributed by atoms with Crippen molar-refractivity contribution in [2.24, 2.45) is 0 Å². The highest BCUT2D eigenvalue weighted by Crippen LogP contribution is 2.21. The Morgan fingerprint density at radius 3 is 2.65 bits per heavy atom. The van der Waals surface area contributed by atoms with E-state index in [1.165, 1.54) is 36.3 Å². The second-order valence-corrected chi connectivity index (χ2v) is 6.03. The number of aliphatic hydroxyl groups is 1. The van der Waals surface area contributed by atoms with Crippen LogP contribution in [0.1, 0.15) is 6.42 Å². The molecule has 23 heavy (non-hydrogen) atoms. The van der Waals surface area contributed by atoms with Gasteiger partial charge in [-0.3, -0.25) is 0 Å². The topological polar surface area (TPSA) is 105 Å². The summed E-state index contributed by atoms with van der Waals surface area (Å²) in [6.45, 7) is 0.507. The first-order chi connectivity index (χ1) is 10.8. The van der Waals surface area contributed by atoms with Crippen molar-refractivity contribution in [2.75, 3.05) is 25.6 Å². The molecule has 2 rings (SSSR count). The van der Waals surface area contributed by atoms with Crippen molar-refractivity contribution in [1.82, 2.24) is 4.90 Å². The normalized spacial score (nSPS) is 21.3. The number of aliphatic hydroxyl groups excluding tert-OH is 1. The van der Waals surface area contributed by atoms with Crippen molar-refractivity contribution in [2.45, 2.75) is 18.6 Å². The van der Waals surface area contributed by atoms with Crippen LogP contribution in [0.4, 0.5) is 14.4 Å². The van der Waals surface area contributed by atoms with Crippen LogP contribution in [0.2, 0.25) is 0 Å². The molecule has 0 spiro atoms. The number of nitrogens with one attached hydrogen (secondary N) is 1. The van der Waals surface area contributed by atoms with Crippen LogP contribution in [-0.2, 0) is 15.2 Å². The SMILES string of the molecule is COC[C@@H]1C[C@@H](O)CN1C(=O)Nc1ccc(OS(=O)(=O)F)cc1. The third-order valence-corrected chi connectivity index (χ3v) is 3.71. The highest BCUT2D eigenvalue weighted by molar-refractivity contribution is 7.81. The standard InChI is InChI=1S/C13H17FN2O6S/c1-21-8-10-6-11(17)7-16(10)13(18)15-9-2-4-12(5-3-9)22-23(14,19)20/h2-5,10-11,17H,6-8H2,1H3,(H,15,18)/t10-,11+/m0/s1. The smallest absolute Gasteiger partial charge is 0.391 e. The van der Waals surface area contributed by atoms with Crippen LogP contribution in [0, 0.1) is 0 Å². The van der Waals surface area contributed by atoms with Gasteiger partial charge in [0.25, 0.3) is 0 Å². The quantitative estimate of drug-likeness (QED) is 0.766. The molecule has 128 valence electrons. The molecule has 0 unspecified atom stereocenters. The van der Waals surface area contributed by atoms with E-state index < -0.39 is 22.6 Å². The number of β-amino-alcohol motifs (C(OH)–C–C–N with tert-alkyl or cyclic N) is 1. The molecule has 1 aromatic carbocycles. The molecule has 1 fully saturated rings. The van der Waals surface area contributed by atoms with E-state index in [9.17, 15) is 22.2 Å². The number of likely N-dealkylation sites (tertiary alicyclic amines) is 1. The molecule has 2 amide bonds. The molecule has 0 radical (unpaired) electrons. The molecule has 2 N–H and O–H groups in total. The molecule has 0 saturated carbocycles. The number of carbonyl (C=O) groups excluding carboxylic acids is 1. The third-order valence-electron chi connectivity index (χ3n) is 3.31. The first-order valence-corrected chi connectivity index (χ1v) is 8.08. The van der Waals surface area contributed by atoms with Crippen molar-refractivity contribution >= 4 is 22.2 Å². The Bertz CT molecular complexity index is 651. The Labute approximate surface area is 133 Å². The van der Waals surface area contributed by atoms with Crippen LogP contribution >= 0.6 is 0 Å². The van der Waals surface area contributed by atoms with E-state index in [1.54, 1.807) is 0 Å². The van der Waals surface area contributed by atoms with Gasteiger partial charge in [0, 0.05) is 19.3 Å². The summed E-state index contributed by atoms with van der Waals surface area (Å²) in [7, 11) is -3.57. The average molecular weight is 348 g/mol. The zero-order valence-electron chi connectivity index (χ0n) is 12.3. The van der Waals surface area contributed by atoms with Crippen molar-refractivity contribution in [3.05, 3.63) is 24.3 Å². The summed E-state index contributed by atoms with van der Waals surface area (Å²) in [6, 6.07) is 4.51. The number of hydrogen-bond acceptors (Lipinski definition) is 6. The molecule has 1 saturated heterocycles. The highest BCUT2D eigenvalue weighted by atomic mass is 32.3. The minimum Gasteiger partial charge on any atom is -0.391 e. The fourth-order valence-corrected chi connectivity index (χ4v) is 2.74. The summed E-state index contributed by atoms with van der Waals surface area (Å²) in [5, 5.41) is 12.3. The van der Waals surface area contributed by atoms with Gasteiger partial charge >= 0.3 is 16.5 Å². The van der Waals surface area contributed by atoms with Crippen LogP contribution < -0.4 is 9.50 Å². The van der Waals surface area contributed by atoms with Gasteiger partial charge in [0.1, 0.15) is 5.75 Å². The van der Waals surface area contributed by atoms with Gasteiger partial charge in [0.15, 0.2) is 0 Å². The Kier molecular flexibility index (Phi) is 5.39. The second kappa shape index (κ2) is 7.11. The largest absolute Gasteiger partial charge is 0.488 e. The summed E-state index contributed by atoms with van der Waals surface area (Å²) in [5.74, 6) is -0.209. The van der Waals surface area contributed by atoms with E-state index in [2.05, 4.69) is 9.50 Å². The van der Waals surface area contributed by atoms with Gasteiger partial charge in [-0.1, -0.05) is 3.89 Å². The maximum atomic E-state index is 12.4. The van der Waals surface area contributed by atoms with Crippen molar-refractivity contribution in [1.29, 1.82) is 0 Å². The van der Waals surface area contributed by atoms with Gasteiger partial charge in [-0.2, -0.15) is 8.42 Å². The van der Waals surface area contributed by atoms with Gasteiger partial charge in [0.2, 0.25) is 0 Å². The van der Waals surface area contributed by atoms with Crippen molar-refractivity contribution < 1.29 is 31.1 Å². The molecule has 0 bridgehead atoms. The number of carbonyl (C=O) groups is 1. The first-order valence-electron chi connectivity index (χ1n) is 6.77. The zero-order valence-corrected chi connectivity index (χ0v) is 13.1. The predicted octanol–water partition coefficient (Wildman–Crippen LogP) is 0.893. The lowest BCUT2D eigenvalue weighted by molar-refractivity contribution is 0.128. The van der Waals surface area contributed by atoms with Crippen LogP contribution in [0.3, 0.4) is 0 Å². The van der Waals surface area contributed by atoms with E-state index in [0.29, 0.717) is 18.7 Å². The Morgan fingerprint density at radius 1 is 1.43 bits per heavy atom. The van der Waals surface area contributed by atoms with Crippen LogP contribution in [0.25, 0.3) is 0 Å². The number of rotatable bonds is 5. The van der Waals surface area contributed by atoms with Gasteiger partial charge in [-0.25, -0.2) is 4.79 Å². The number of nitrogens with zero attached hydrogens (tertiary/aromatic N) is 1. The van der Waals surface area contributed by atoms with E-state index >= 15 is 0 Å². The van der Waals surface area contributed by atoms with Crippen molar-refractivity contribution in [3.63, 3.8) is 0 Å².